The number of hydrogen-bond acceptors (Lipinski definition) is 3. The lowest BCUT2D eigenvalue weighted by Gasteiger charge is -2.17. The smallest absolute Gasteiger partial charge is 0.258 e. The summed E-state index contributed by atoms with van der Waals surface area (Å²) in [6.45, 7) is 2.96. The monoisotopic (exact) mass is 311 g/mol. The highest BCUT2D eigenvalue weighted by Gasteiger charge is 2.13. The van der Waals surface area contributed by atoms with E-state index >= 15 is 0 Å². The lowest BCUT2D eigenvalue weighted by molar-refractivity contribution is -0.115. The van der Waals surface area contributed by atoms with Gasteiger partial charge < -0.3 is 15.5 Å². The highest BCUT2D eigenvalue weighted by atomic mass is 16.2. The van der Waals surface area contributed by atoms with Gasteiger partial charge in [-0.05, 0) is 42.9 Å². The topological polar surface area (TPSA) is 61.4 Å². The fraction of sp³-hybridized carbons (Fsp3) is 0.222. The first-order chi connectivity index (χ1) is 11.1. The Kier molecular flexibility index (Phi) is 5.88. The van der Waals surface area contributed by atoms with E-state index in [0.717, 1.165) is 12.2 Å². The van der Waals surface area contributed by atoms with Crippen molar-refractivity contribution in [3.05, 3.63) is 60.2 Å². The number of carbonyl (C=O) groups excluding carboxylic acids is 2. The molecule has 5 heteroatoms. The number of nitrogens with one attached hydrogen (secondary N) is 2. The third-order valence-electron chi connectivity index (χ3n) is 3.40. The molecule has 2 rings (SSSR count). The van der Waals surface area contributed by atoms with Crippen molar-refractivity contribution in [2.45, 2.75) is 6.92 Å². The number of carbonyl (C=O) groups is 2. The molecule has 2 amide bonds. The van der Waals surface area contributed by atoms with Crippen LogP contribution in [0.1, 0.15) is 17.3 Å². The fourth-order valence-corrected chi connectivity index (χ4v) is 2.10. The Morgan fingerprint density at radius 1 is 1.00 bits per heavy atom. The molecule has 0 unspecified atom stereocenters. The molecule has 0 aliphatic rings. The number of benzene rings is 2. The van der Waals surface area contributed by atoms with Crippen LogP contribution >= 0.6 is 0 Å². The van der Waals surface area contributed by atoms with E-state index in [1.54, 1.807) is 36.2 Å². The molecule has 0 fully saturated rings. The maximum absolute atomic E-state index is 12.4. The number of nitrogens with zero attached hydrogens (tertiary/aromatic N) is 1. The van der Waals surface area contributed by atoms with Gasteiger partial charge >= 0.3 is 0 Å². The Labute approximate surface area is 136 Å². The van der Waals surface area contributed by atoms with E-state index in [-0.39, 0.29) is 18.4 Å². The van der Waals surface area contributed by atoms with Crippen LogP contribution in [0.25, 0.3) is 0 Å². The molecule has 0 bridgehead atoms. The average molecular weight is 311 g/mol. The first-order valence-corrected chi connectivity index (χ1v) is 7.55. The number of amides is 2. The number of para-hydroxylation sites is 1. The summed E-state index contributed by atoms with van der Waals surface area (Å²) in [4.78, 5) is 25.7. The predicted octanol–water partition coefficient (Wildman–Crippen LogP) is 2.51. The highest BCUT2D eigenvalue weighted by Crippen LogP contribution is 2.16. The standard InChI is InChI=1S/C18H21N3O2/c1-3-19-13-17(22)20-15-11-9-14(10-12-15)18(23)21(2)16-7-5-4-6-8-16/h4-12,19H,3,13H2,1-2H3,(H,20,22). The summed E-state index contributed by atoms with van der Waals surface area (Å²) < 4.78 is 0. The molecular weight excluding hydrogens is 290 g/mol. The van der Waals surface area contributed by atoms with Crippen molar-refractivity contribution in [1.29, 1.82) is 0 Å². The van der Waals surface area contributed by atoms with Gasteiger partial charge in [-0.25, -0.2) is 0 Å². The number of likely N-dealkylation sites (N-methyl/N-ethyl adjacent to an activating group) is 1. The number of rotatable bonds is 6. The quantitative estimate of drug-likeness (QED) is 0.861. The van der Waals surface area contributed by atoms with E-state index in [4.69, 9.17) is 0 Å². The van der Waals surface area contributed by atoms with Gasteiger partial charge in [-0.2, -0.15) is 0 Å². The van der Waals surface area contributed by atoms with Gasteiger partial charge in [0.15, 0.2) is 0 Å². The molecular formula is C18H21N3O2. The molecule has 0 aromatic heterocycles. The molecule has 0 heterocycles. The Balaban J connectivity index is 2.01. The van der Waals surface area contributed by atoms with Gasteiger partial charge in [-0.15, -0.1) is 0 Å². The lowest BCUT2D eigenvalue weighted by atomic mass is 10.1. The van der Waals surface area contributed by atoms with E-state index in [1.807, 2.05) is 37.3 Å². The van der Waals surface area contributed by atoms with E-state index in [2.05, 4.69) is 10.6 Å². The minimum atomic E-state index is -0.104. The summed E-state index contributed by atoms with van der Waals surface area (Å²) in [5.74, 6) is -0.200. The normalized spacial score (nSPS) is 10.2. The Morgan fingerprint density at radius 2 is 1.65 bits per heavy atom. The van der Waals surface area contributed by atoms with Gasteiger partial charge in [0.25, 0.3) is 5.91 Å². The Morgan fingerprint density at radius 3 is 2.26 bits per heavy atom. The third-order valence-corrected chi connectivity index (χ3v) is 3.40. The van der Waals surface area contributed by atoms with Crippen LogP contribution in [0, 0.1) is 0 Å². The molecule has 0 saturated heterocycles. The van der Waals surface area contributed by atoms with Gasteiger partial charge in [-0.1, -0.05) is 25.1 Å². The molecule has 0 spiro atoms. The van der Waals surface area contributed by atoms with Crippen molar-refractivity contribution >= 4 is 23.2 Å². The average Bonchev–Trinajstić information content (AvgIpc) is 2.60. The maximum Gasteiger partial charge on any atom is 0.258 e. The van der Waals surface area contributed by atoms with Crippen molar-refractivity contribution in [2.75, 3.05) is 30.4 Å². The second-order valence-corrected chi connectivity index (χ2v) is 5.11. The zero-order chi connectivity index (χ0) is 16.7. The SMILES string of the molecule is CCNCC(=O)Nc1ccc(C(=O)N(C)c2ccccc2)cc1. The largest absolute Gasteiger partial charge is 0.325 e. The summed E-state index contributed by atoms with van der Waals surface area (Å²) >= 11 is 0. The van der Waals surface area contributed by atoms with Crippen LogP contribution in [0.5, 0.6) is 0 Å². The molecule has 23 heavy (non-hydrogen) atoms. The first-order valence-electron chi connectivity index (χ1n) is 7.55. The van der Waals surface area contributed by atoms with Gasteiger partial charge in [0, 0.05) is 24.0 Å². The third kappa shape index (κ3) is 4.66. The second kappa shape index (κ2) is 8.10. The van der Waals surface area contributed by atoms with Gasteiger partial charge in [-0.3, -0.25) is 9.59 Å². The minimum absolute atomic E-state index is 0.0956. The maximum atomic E-state index is 12.4. The summed E-state index contributed by atoms with van der Waals surface area (Å²) in [5.41, 5.74) is 2.08. The van der Waals surface area contributed by atoms with Crippen LogP contribution in [0.4, 0.5) is 11.4 Å². The molecule has 2 N–H and O–H groups in total. The summed E-state index contributed by atoms with van der Waals surface area (Å²) in [6.07, 6.45) is 0. The molecule has 5 nitrogen and oxygen atoms in total. The molecule has 0 radical (unpaired) electrons. The summed E-state index contributed by atoms with van der Waals surface area (Å²) in [7, 11) is 1.74. The van der Waals surface area contributed by atoms with Crippen LogP contribution in [-0.2, 0) is 4.79 Å². The number of anilines is 2. The predicted molar refractivity (Wildman–Crippen MR) is 92.8 cm³/mol. The van der Waals surface area contributed by atoms with Crippen LogP contribution < -0.4 is 15.5 Å². The van der Waals surface area contributed by atoms with Crippen LogP contribution in [0.3, 0.4) is 0 Å². The van der Waals surface area contributed by atoms with Crippen LogP contribution in [0.2, 0.25) is 0 Å². The zero-order valence-electron chi connectivity index (χ0n) is 13.4. The van der Waals surface area contributed by atoms with Crippen LogP contribution in [0.15, 0.2) is 54.6 Å². The molecule has 0 aliphatic heterocycles. The van der Waals surface area contributed by atoms with E-state index < -0.39 is 0 Å². The Hall–Kier alpha value is -2.66. The van der Waals surface area contributed by atoms with Crippen molar-refractivity contribution < 1.29 is 9.59 Å². The molecule has 0 aliphatic carbocycles. The lowest BCUT2D eigenvalue weighted by Crippen LogP contribution is -2.28. The van der Waals surface area contributed by atoms with Crippen molar-refractivity contribution in [3.8, 4) is 0 Å². The number of hydrogen-bond donors (Lipinski definition) is 2. The fourth-order valence-electron chi connectivity index (χ4n) is 2.10. The molecule has 120 valence electrons. The van der Waals surface area contributed by atoms with E-state index in [1.165, 1.54) is 0 Å². The van der Waals surface area contributed by atoms with E-state index in [9.17, 15) is 9.59 Å². The first kappa shape index (κ1) is 16.7. The minimum Gasteiger partial charge on any atom is -0.325 e. The highest BCUT2D eigenvalue weighted by molar-refractivity contribution is 6.06. The summed E-state index contributed by atoms with van der Waals surface area (Å²) in [6, 6.07) is 16.3. The second-order valence-electron chi connectivity index (χ2n) is 5.11. The van der Waals surface area contributed by atoms with Gasteiger partial charge in [0.05, 0.1) is 6.54 Å². The molecule has 0 saturated carbocycles. The molecule has 0 atom stereocenters. The zero-order valence-corrected chi connectivity index (χ0v) is 13.4. The van der Waals surface area contributed by atoms with Crippen LogP contribution in [-0.4, -0.2) is 32.0 Å². The van der Waals surface area contributed by atoms with Crippen molar-refractivity contribution in [3.63, 3.8) is 0 Å². The van der Waals surface area contributed by atoms with E-state index in [0.29, 0.717) is 11.3 Å². The molecule has 2 aromatic carbocycles. The molecule has 2 aromatic rings. The van der Waals surface area contributed by atoms with Crippen molar-refractivity contribution in [1.82, 2.24) is 5.32 Å². The Bertz CT molecular complexity index is 654. The van der Waals surface area contributed by atoms with Crippen molar-refractivity contribution in [2.24, 2.45) is 0 Å². The summed E-state index contributed by atoms with van der Waals surface area (Å²) in [5, 5.41) is 5.74. The van der Waals surface area contributed by atoms with Gasteiger partial charge in [0.2, 0.25) is 5.91 Å². The van der Waals surface area contributed by atoms with Gasteiger partial charge in [0.1, 0.15) is 0 Å².